The summed E-state index contributed by atoms with van der Waals surface area (Å²) in [7, 11) is 0. The van der Waals surface area contributed by atoms with Crippen molar-refractivity contribution in [2.45, 2.75) is 6.42 Å². The Hall–Kier alpha value is -1.42. The first kappa shape index (κ1) is 10.1. The molecule has 1 fully saturated rings. The number of amides is 2. The summed E-state index contributed by atoms with van der Waals surface area (Å²) in [4.78, 5) is 22.2. The van der Waals surface area contributed by atoms with Crippen LogP contribution in [-0.2, 0) is 9.59 Å². The second kappa shape index (κ2) is 3.98. The summed E-state index contributed by atoms with van der Waals surface area (Å²) in [5.74, 6) is -0.527. The molecule has 0 spiro atoms. The number of nitrogens with one attached hydrogen (secondary N) is 1. The fourth-order valence-electron chi connectivity index (χ4n) is 1.42. The number of hydrogen-bond donors (Lipinski definition) is 1. The summed E-state index contributed by atoms with van der Waals surface area (Å²) in [5.41, 5.74) is 1.42. The van der Waals surface area contributed by atoms with Crippen molar-refractivity contribution < 1.29 is 9.59 Å². The molecule has 1 aliphatic heterocycles. The van der Waals surface area contributed by atoms with Crippen LogP contribution in [-0.4, -0.2) is 11.8 Å². The van der Waals surface area contributed by atoms with Crippen LogP contribution < -0.4 is 5.32 Å². The van der Waals surface area contributed by atoms with Crippen molar-refractivity contribution >= 4 is 33.8 Å². The minimum absolute atomic E-state index is 0.172. The molecule has 0 bridgehead atoms. The van der Waals surface area contributed by atoms with Gasteiger partial charge in [0.15, 0.2) is 0 Å². The van der Waals surface area contributed by atoms with Crippen LogP contribution in [0.25, 0.3) is 6.08 Å². The van der Waals surface area contributed by atoms with Gasteiger partial charge in [0.1, 0.15) is 0 Å². The van der Waals surface area contributed by atoms with Crippen molar-refractivity contribution in [3.05, 3.63) is 39.9 Å². The SMILES string of the molecule is O=C1C/C(=C\c2cccc(Br)c2)C(=O)N1. The van der Waals surface area contributed by atoms with E-state index in [4.69, 9.17) is 0 Å². The van der Waals surface area contributed by atoms with Gasteiger partial charge in [-0.1, -0.05) is 28.1 Å². The van der Waals surface area contributed by atoms with E-state index in [0.717, 1.165) is 10.0 Å². The number of carbonyl (C=O) groups is 2. The second-order valence-corrected chi connectivity index (χ2v) is 4.19. The van der Waals surface area contributed by atoms with Crippen molar-refractivity contribution in [2.24, 2.45) is 0 Å². The molecular weight excluding hydrogens is 258 g/mol. The van der Waals surface area contributed by atoms with Crippen molar-refractivity contribution in [3.63, 3.8) is 0 Å². The van der Waals surface area contributed by atoms with Gasteiger partial charge in [-0.15, -0.1) is 0 Å². The van der Waals surface area contributed by atoms with Gasteiger partial charge in [0.25, 0.3) is 5.91 Å². The van der Waals surface area contributed by atoms with Gasteiger partial charge < -0.3 is 0 Å². The molecule has 0 aliphatic carbocycles. The van der Waals surface area contributed by atoms with Crippen molar-refractivity contribution in [2.75, 3.05) is 0 Å². The lowest BCUT2D eigenvalue weighted by atomic mass is 10.1. The maximum absolute atomic E-state index is 11.3. The molecule has 1 aromatic rings. The number of carbonyl (C=O) groups excluding carboxylic acids is 2. The van der Waals surface area contributed by atoms with Gasteiger partial charge in [-0.3, -0.25) is 14.9 Å². The summed E-state index contributed by atoms with van der Waals surface area (Å²) in [6, 6.07) is 7.56. The minimum Gasteiger partial charge on any atom is -0.292 e. The number of halogens is 1. The quantitative estimate of drug-likeness (QED) is 0.623. The Morgan fingerprint density at radius 3 is 2.73 bits per heavy atom. The summed E-state index contributed by atoms with van der Waals surface area (Å²) in [5, 5.41) is 2.24. The lowest BCUT2D eigenvalue weighted by Gasteiger charge is -1.96. The van der Waals surface area contributed by atoms with E-state index in [1.165, 1.54) is 0 Å². The molecule has 1 heterocycles. The molecule has 1 aliphatic rings. The molecule has 0 unspecified atom stereocenters. The Balaban J connectivity index is 2.31. The molecule has 3 nitrogen and oxygen atoms in total. The first-order chi connectivity index (χ1) is 7.15. The molecule has 2 amide bonds. The van der Waals surface area contributed by atoms with Crippen LogP contribution in [0.3, 0.4) is 0 Å². The molecule has 1 N–H and O–H groups in total. The number of hydrogen-bond acceptors (Lipinski definition) is 2. The third kappa shape index (κ3) is 2.33. The van der Waals surface area contributed by atoms with E-state index in [1.807, 2.05) is 24.3 Å². The van der Waals surface area contributed by atoms with Gasteiger partial charge in [0.2, 0.25) is 5.91 Å². The van der Waals surface area contributed by atoms with Gasteiger partial charge in [-0.25, -0.2) is 0 Å². The molecule has 0 aromatic heterocycles. The predicted molar refractivity (Wildman–Crippen MR) is 59.9 cm³/mol. The summed E-state index contributed by atoms with van der Waals surface area (Å²) >= 11 is 3.34. The molecule has 0 atom stereocenters. The molecule has 4 heteroatoms. The Bertz CT molecular complexity index is 465. The minimum atomic E-state index is -0.292. The highest BCUT2D eigenvalue weighted by molar-refractivity contribution is 9.10. The van der Waals surface area contributed by atoms with Gasteiger partial charge >= 0.3 is 0 Å². The van der Waals surface area contributed by atoms with E-state index in [1.54, 1.807) is 6.08 Å². The lowest BCUT2D eigenvalue weighted by molar-refractivity contribution is -0.124. The van der Waals surface area contributed by atoms with Crippen molar-refractivity contribution in [3.8, 4) is 0 Å². The van der Waals surface area contributed by atoms with Crippen LogP contribution >= 0.6 is 15.9 Å². The fraction of sp³-hybridized carbons (Fsp3) is 0.0909. The van der Waals surface area contributed by atoms with Crippen LogP contribution in [0.5, 0.6) is 0 Å². The zero-order valence-electron chi connectivity index (χ0n) is 7.79. The predicted octanol–water partition coefficient (Wildman–Crippen LogP) is 1.88. The average Bonchev–Trinajstić information content (AvgIpc) is 2.45. The fourth-order valence-corrected chi connectivity index (χ4v) is 1.84. The Labute approximate surface area is 95.3 Å². The summed E-state index contributed by atoms with van der Waals surface area (Å²) in [6.07, 6.45) is 1.90. The zero-order valence-corrected chi connectivity index (χ0v) is 9.37. The molecular formula is C11H8BrNO2. The van der Waals surface area contributed by atoms with E-state index in [-0.39, 0.29) is 18.2 Å². The second-order valence-electron chi connectivity index (χ2n) is 3.28. The van der Waals surface area contributed by atoms with E-state index in [9.17, 15) is 9.59 Å². The number of rotatable bonds is 1. The van der Waals surface area contributed by atoms with Gasteiger partial charge in [-0.05, 0) is 23.8 Å². The molecule has 2 rings (SSSR count). The largest absolute Gasteiger partial charge is 0.292 e. The Kier molecular flexibility index (Phi) is 2.68. The van der Waals surface area contributed by atoms with Crippen LogP contribution in [0, 0.1) is 0 Å². The average molecular weight is 266 g/mol. The maximum Gasteiger partial charge on any atom is 0.254 e. The Morgan fingerprint density at radius 2 is 2.13 bits per heavy atom. The highest BCUT2D eigenvalue weighted by atomic mass is 79.9. The third-order valence-corrected chi connectivity index (χ3v) is 2.58. The van der Waals surface area contributed by atoms with Crippen molar-refractivity contribution in [1.29, 1.82) is 0 Å². The van der Waals surface area contributed by atoms with Gasteiger partial charge in [0, 0.05) is 10.0 Å². The van der Waals surface area contributed by atoms with Crippen LogP contribution in [0.2, 0.25) is 0 Å². The molecule has 1 aromatic carbocycles. The van der Waals surface area contributed by atoms with Gasteiger partial charge in [0.05, 0.1) is 6.42 Å². The highest BCUT2D eigenvalue weighted by Gasteiger charge is 2.23. The zero-order chi connectivity index (χ0) is 10.8. The van der Waals surface area contributed by atoms with E-state index in [0.29, 0.717) is 5.57 Å². The lowest BCUT2D eigenvalue weighted by Crippen LogP contribution is -2.19. The van der Waals surface area contributed by atoms with Crippen LogP contribution in [0.15, 0.2) is 34.3 Å². The van der Waals surface area contributed by atoms with Gasteiger partial charge in [-0.2, -0.15) is 0 Å². The highest BCUT2D eigenvalue weighted by Crippen LogP contribution is 2.17. The number of benzene rings is 1. The Morgan fingerprint density at radius 1 is 1.33 bits per heavy atom. The maximum atomic E-state index is 11.3. The smallest absolute Gasteiger partial charge is 0.254 e. The summed E-state index contributed by atoms with van der Waals surface area (Å²) in [6.45, 7) is 0. The number of imide groups is 1. The monoisotopic (exact) mass is 265 g/mol. The first-order valence-electron chi connectivity index (χ1n) is 4.45. The molecule has 76 valence electrons. The van der Waals surface area contributed by atoms with E-state index < -0.39 is 0 Å². The topological polar surface area (TPSA) is 46.2 Å². The standard InChI is InChI=1S/C11H8BrNO2/c12-9-3-1-2-7(5-9)4-8-6-10(14)13-11(8)15/h1-5H,6H2,(H,13,14,15)/b8-4+. The third-order valence-electron chi connectivity index (χ3n) is 2.09. The molecule has 0 radical (unpaired) electrons. The van der Waals surface area contributed by atoms with E-state index >= 15 is 0 Å². The molecule has 0 saturated carbocycles. The van der Waals surface area contributed by atoms with E-state index in [2.05, 4.69) is 21.2 Å². The summed E-state index contributed by atoms with van der Waals surface area (Å²) < 4.78 is 0.946. The van der Waals surface area contributed by atoms with Crippen LogP contribution in [0.1, 0.15) is 12.0 Å². The normalized spacial score (nSPS) is 18.3. The molecule has 1 saturated heterocycles. The first-order valence-corrected chi connectivity index (χ1v) is 5.25. The molecule has 15 heavy (non-hydrogen) atoms. The van der Waals surface area contributed by atoms with Crippen LogP contribution in [0.4, 0.5) is 0 Å². The van der Waals surface area contributed by atoms with Crippen molar-refractivity contribution in [1.82, 2.24) is 5.32 Å².